The SMILES string of the molecule is COCCOCNC(=O)N(C)Cc1ccccc1. The van der Waals surface area contributed by atoms with Gasteiger partial charge in [-0.2, -0.15) is 0 Å². The summed E-state index contributed by atoms with van der Waals surface area (Å²) in [6.07, 6.45) is 0. The number of hydrogen-bond donors (Lipinski definition) is 1. The van der Waals surface area contributed by atoms with Crippen LogP contribution in [0.4, 0.5) is 4.79 Å². The van der Waals surface area contributed by atoms with Gasteiger partial charge < -0.3 is 19.7 Å². The zero-order chi connectivity index (χ0) is 13.2. The summed E-state index contributed by atoms with van der Waals surface area (Å²) in [5.41, 5.74) is 1.09. The summed E-state index contributed by atoms with van der Waals surface area (Å²) in [6, 6.07) is 9.67. The quantitative estimate of drug-likeness (QED) is 0.590. The molecule has 0 atom stereocenters. The monoisotopic (exact) mass is 252 g/mol. The summed E-state index contributed by atoms with van der Waals surface area (Å²) in [6.45, 7) is 1.76. The minimum atomic E-state index is -0.156. The van der Waals surface area contributed by atoms with Crippen molar-refractivity contribution in [2.45, 2.75) is 6.54 Å². The fourth-order valence-electron chi connectivity index (χ4n) is 1.39. The molecule has 1 aromatic carbocycles. The van der Waals surface area contributed by atoms with Crippen molar-refractivity contribution in [2.75, 3.05) is 34.1 Å². The van der Waals surface area contributed by atoms with Gasteiger partial charge in [-0.3, -0.25) is 0 Å². The topological polar surface area (TPSA) is 50.8 Å². The van der Waals surface area contributed by atoms with Crippen LogP contribution in [0, 0.1) is 0 Å². The Kier molecular flexibility index (Phi) is 6.83. The molecule has 5 nitrogen and oxygen atoms in total. The van der Waals surface area contributed by atoms with Gasteiger partial charge in [-0.15, -0.1) is 0 Å². The van der Waals surface area contributed by atoms with E-state index < -0.39 is 0 Å². The lowest BCUT2D eigenvalue weighted by Crippen LogP contribution is -2.38. The average Bonchev–Trinajstić information content (AvgIpc) is 2.39. The van der Waals surface area contributed by atoms with Crippen molar-refractivity contribution in [3.05, 3.63) is 35.9 Å². The molecule has 2 amide bonds. The Morgan fingerprint density at radius 2 is 2.00 bits per heavy atom. The Labute approximate surface area is 108 Å². The van der Waals surface area contributed by atoms with E-state index in [1.165, 1.54) is 0 Å². The van der Waals surface area contributed by atoms with Gasteiger partial charge in [0.1, 0.15) is 6.73 Å². The van der Waals surface area contributed by atoms with Gasteiger partial charge in [-0.05, 0) is 5.56 Å². The first-order valence-electron chi connectivity index (χ1n) is 5.83. The van der Waals surface area contributed by atoms with Crippen molar-refractivity contribution < 1.29 is 14.3 Å². The Morgan fingerprint density at radius 1 is 1.28 bits per heavy atom. The summed E-state index contributed by atoms with van der Waals surface area (Å²) in [5.74, 6) is 0. The molecule has 5 heteroatoms. The van der Waals surface area contributed by atoms with Gasteiger partial charge in [0.15, 0.2) is 0 Å². The predicted octanol–water partition coefficient (Wildman–Crippen LogP) is 1.45. The van der Waals surface area contributed by atoms with Crippen LogP contribution in [0.15, 0.2) is 30.3 Å². The first-order valence-corrected chi connectivity index (χ1v) is 5.83. The molecule has 0 aromatic heterocycles. The molecule has 0 spiro atoms. The Morgan fingerprint density at radius 3 is 2.67 bits per heavy atom. The Balaban J connectivity index is 2.21. The number of hydrogen-bond acceptors (Lipinski definition) is 3. The van der Waals surface area contributed by atoms with E-state index >= 15 is 0 Å². The van der Waals surface area contributed by atoms with E-state index in [-0.39, 0.29) is 12.8 Å². The van der Waals surface area contributed by atoms with Crippen molar-refractivity contribution in [1.29, 1.82) is 0 Å². The van der Waals surface area contributed by atoms with E-state index in [4.69, 9.17) is 9.47 Å². The third-order valence-corrected chi connectivity index (χ3v) is 2.37. The van der Waals surface area contributed by atoms with E-state index in [2.05, 4.69) is 5.32 Å². The molecule has 0 bridgehead atoms. The maximum absolute atomic E-state index is 11.7. The molecule has 0 heterocycles. The van der Waals surface area contributed by atoms with Crippen molar-refractivity contribution in [3.8, 4) is 0 Å². The van der Waals surface area contributed by atoms with Crippen LogP contribution in [0.5, 0.6) is 0 Å². The summed E-state index contributed by atoms with van der Waals surface area (Å²) < 4.78 is 9.99. The molecule has 1 rings (SSSR count). The largest absolute Gasteiger partial charge is 0.382 e. The van der Waals surface area contributed by atoms with Crippen LogP contribution in [-0.4, -0.2) is 45.0 Å². The number of urea groups is 1. The van der Waals surface area contributed by atoms with Gasteiger partial charge in [0.05, 0.1) is 13.2 Å². The summed E-state index contributed by atoms with van der Waals surface area (Å²) >= 11 is 0. The molecule has 0 aliphatic carbocycles. The average molecular weight is 252 g/mol. The molecule has 0 unspecified atom stereocenters. The van der Waals surface area contributed by atoms with Crippen LogP contribution in [0.1, 0.15) is 5.56 Å². The number of nitrogens with zero attached hydrogens (tertiary/aromatic N) is 1. The van der Waals surface area contributed by atoms with E-state index in [1.54, 1.807) is 19.1 Å². The van der Waals surface area contributed by atoms with E-state index in [0.717, 1.165) is 5.56 Å². The molecule has 0 aliphatic rings. The highest BCUT2D eigenvalue weighted by atomic mass is 16.5. The summed E-state index contributed by atoms with van der Waals surface area (Å²) in [7, 11) is 3.35. The number of carbonyl (C=O) groups is 1. The van der Waals surface area contributed by atoms with Crippen LogP contribution >= 0.6 is 0 Å². The molecule has 0 fully saturated rings. The number of ether oxygens (including phenoxy) is 2. The van der Waals surface area contributed by atoms with Crippen LogP contribution < -0.4 is 5.32 Å². The zero-order valence-corrected chi connectivity index (χ0v) is 10.9. The molecule has 100 valence electrons. The number of amides is 2. The third-order valence-electron chi connectivity index (χ3n) is 2.37. The number of benzene rings is 1. The first-order chi connectivity index (χ1) is 8.74. The van der Waals surface area contributed by atoms with Gasteiger partial charge >= 0.3 is 6.03 Å². The van der Waals surface area contributed by atoms with Gasteiger partial charge in [0.2, 0.25) is 0 Å². The minimum Gasteiger partial charge on any atom is -0.382 e. The van der Waals surface area contributed by atoms with Crippen LogP contribution in [0.25, 0.3) is 0 Å². The molecule has 1 N–H and O–H groups in total. The number of carbonyl (C=O) groups excluding carboxylic acids is 1. The predicted molar refractivity (Wildman–Crippen MR) is 69.1 cm³/mol. The maximum atomic E-state index is 11.7. The highest BCUT2D eigenvalue weighted by molar-refractivity contribution is 5.73. The molecule has 18 heavy (non-hydrogen) atoms. The summed E-state index contributed by atoms with van der Waals surface area (Å²) in [5, 5.41) is 2.67. The van der Waals surface area contributed by atoms with Crippen molar-refractivity contribution >= 4 is 6.03 Å². The molecule has 0 aliphatic heterocycles. The molecular weight excluding hydrogens is 232 g/mol. The fourth-order valence-corrected chi connectivity index (χ4v) is 1.39. The smallest absolute Gasteiger partial charge is 0.319 e. The molecular formula is C13H20N2O3. The maximum Gasteiger partial charge on any atom is 0.319 e. The van der Waals surface area contributed by atoms with E-state index in [0.29, 0.717) is 19.8 Å². The highest BCUT2D eigenvalue weighted by Gasteiger charge is 2.07. The second-order valence-electron chi connectivity index (χ2n) is 3.87. The van der Waals surface area contributed by atoms with Crippen LogP contribution in [0.3, 0.4) is 0 Å². The molecule has 1 aromatic rings. The van der Waals surface area contributed by atoms with Crippen molar-refractivity contribution in [2.24, 2.45) is 0 Å². The lowest BCUT2D eigenvalue weighted by Gasteiger charge is -2.18. The zero-order valence-electron chi connectivity index (χ0n) is 10.9. The molecule has 0 saturated carbocycles. The van der Waals surface area contributed by atoms with Gasteiger partial charge in [-0.1, -0.05) is 30.3 Å². The lowest BCUT2D eigenvalue weighted by molar-refractivity contribution is 0.0621. The minimum absolute atomic E-state index is 0.156. The second-order valence-corrected chi connectivity index (χ2v) is 3.87. The third kappa shape index (κ3) is 5.65. The number of methoxy groups -OCH3 is 1. The lowest BCUT2D eigenvalue weighted by atomic mass is 10.2. The van der Waals surface area contributed by atoms with Crippen molar-refractivity contribution in [1.82, 2.24) is 10.2 Å². The summed E-state index contributed by atoms with van der Waals surface area (Å²) in [4.78, 5) is 13.3. The Hall–Kier alpha value is -1.59. The Bertz CT molecular complexity index is 343. The van der Waals surface area contributed by atoms with Crippen molar-refractivity contribution in [3.63, 3.8) is 0 Å². The fraction of sp³-hybridized carbons (Fsp3) is 0.462. The highest BCUT2D eigenvalue weighted by Crippen LogP contribution is 2.02. The normalized spacial score (nSPS) is 10.1. The standard InChI is InChI=1S/C13H20N2O3/c1-15(10-12-6-4-3-5-7-12)13(16)14-11-18-9-8-17-2/h3-7H,8-11H2,1-2H3,(H,14,16). The molecule has 0 radical (unpaired) electrons. The van der Waals surface area contributed by atoms with Crippen LogP contribution in [0.2, 0.25) is 0 Å². The second kappa shape index (κ2) is 8.49. The van der Waals surface area contributed by atoms with E-state index in [1.807, 2.05) is 30.3 Å². The first kappa shape index (κ1) is 14.5. The van der Waals surface area contributed by atoms with Gasteiger partial charge in [-0.25, -0.2) is 4.79 Å². The number of nitrogens with one attached hydrogen (secondary N) is 1. The number of rotatable bonds is 7. The van der Waals surface area contributed by atoms with E-state index in [9.17, 15) is 4.79 Å². The van der Waals surface area contributed by atoms with Crippen LogP contribution in [-0.2, 0) is 16.0 Å². The van der Waals surface area contributed by atoms with Gasteiger partial charge in [0, 0.05) is 20.7 Å². The van der Waals surface area contributed by atoms with Gasteiger partial charge in [0.25, 0.3) is 0 Å². The molecule has 0 saturated heterocycles.